The van der Waals surface area contributed by atoms with Crippen molar-refractivity contribution >= 4 is 22.7 Å². The quantitative estimate of drug-likeness (QED) is 0.687. The van der Waals surface area contributed by atoms with Crippen molar-refractivity contribution < 1.29 is 9.84 Å². The van der Waals surface area contributed by atoms with Crippen LogP contribution in [0.2, 0.25) is 0 Å². The van der Waals surface area contributed by atoms with Crippen molar-refractivity contribution in [3.63, 3.8) is 0 Å². The summed E-state index contributed by atoms with van der Waals surface area (Å²) >= 11 is 1.72. The highest BCUT2D eigenvalue weighted by Crippen LogP contribution is 2.24. The Bertz CT molecular complexity index is 554. The van der Waals surface area contributed by atoms with E-state index >= 15 is 0 Å². The Morgan fingerprint density at radius 2 is 2.20 bits per heavy atom. The molecule has 0 bridgehead atoms. The number of hydrogen-bond donors (Lipinski definition) is 3. The highest BCUT2D eigenvalue weighted by molar-refractivity contribution is 7.99. The second kappa shape index (κ2) is 6.52. The third kappa shape index (κ3) is 3.91. The third-order valence-electron chi connectivity index (χ3n) is 3.26. The monoisotopic (exact) mass is 294 g/mol. The zero-order valence-corrected chi connectivity index (χ0v) is 13.0. The van der Waals surface area contributed by atoms with Gasteiger partial charge in [-0.1, -0.05) is 6.07 Å². The molecule has 0 radical (unpaired) electrons. The number of aromatic amines is 1. The van der Waals surface area contributed by atoms with Crippen molar-refractivity contribution in [1.29, 1.82) is 0 Å². The van der Waals surface area contributed by atoms with Gasteiger partial charge < -0.3 is 20.1 Å². The second-order valence-corrected chi connectivity index (χ2v) is 6.68. The van der Waals surface area contributed by atoms with Crippen LogP contribution in [0, 0.1) is 0 Å². The van der Waals surface area contributed by atoms with Crippen molar-refractivity contribution in [3.05, 3.63) is 30.5 Å². The number of fused-ring (bicyclic) bond motifs is 1. The molecule has 110 valence electrons. The Morgan fingerprint density at radius 1 is 1.40 bits per heavy atom. The van der Waals surface area contributed by atoms with Gasteiger partial charge >= 0.3 is 0 Å². The van der Waals surface area contributed by atoms with Crippen LogP contribution in [0.4, 0.5) is 0 Å². The molecule has 0 aliphatic heterocycles. The van der Waals surface area contributed by atoms with Crippen LogP contribution in [0.25, 0.3) is 10.9 Å². The van der Waals surface area contributed by atoms with Crippen LogP contribution in [0.1, 0.15) is 13.8 Å². The lowest BCUT2D eigenvalue weighted by atomic mass is 10.2. The lowest BCUT2D eigenvalue weighted by Gasteiger charge is -2.25. The normalized spacial score (nSPS) is 13.6. The number of hydrogen-bond acceptors (Lipinski definition) is 4. The summed E-state index contributed by atoms with van der Waals surface area (Å²) in [6, 6.07) is 7.84. The van der Waals surface area contributed by atoms with E-state index in [2.05, 4.69) is 24.1 Å². The fourth-order valence-corrected chi connectivity index (χ4v) is 2.09. The molecule has 1 aromatic heterocycles. The summed E-state index contributed by atoms with van der Waals surface area (Å²) in [5.41, 5.74) is 1.04. The predicted octanol–water partition coefficient (Wildman–Crippen LogP) is 2.60. The molecule has 0 saturated heterocycles. The summed E-state index contributed by atoms with van der Waals surface area (Å²) in [4.78, 5) is 3.10. The number of H-pyrrole nitrogens is 1. The average Bonchev–Trinajstić information content (AvgIpc) is 2.92. The van der Waals surface area contributed by atoms with E-state index in [1.54, 1.807) is 11.8 Å². The molecule has 20 heavy (non-hydrogen) atoms. The summed E-state index contributed by atoms with van der Waals surface area (Å²) in [5.74, 6) is 0.798. The maximum atomic E-state index is 9.99. The SMILES string of the molecule is CSC(C)(C)NCC(O)COc1cccc2[nH]ccc12. The van der Waals surface area contributed by atoms with Crippen LogP contribution in [0.3, 0.4) is 0 Å². The van der Waals surface area contributed by atoms with Gasteiger partial charge in [-0.2, -0.15) is 0 Å². The summed E-state index contributed by atoms with van der Waals surface area (Å²) in [6.45, 7) is 4.97. The van der Waals surface area contributed by atoms with Crippen molar-refractivity contribution in [2.75, 3.05) is 19.4 Å². The summed E-state index contributed by atoms with van der Waals surface area (Å²) in [5, 5.41) is 14.3. The molecule has 0 aliphatic carbocycles. The first-order valence-corrected chi connectivity index (χ1v) is 7.91. The van der Waals surface area contributed by atoms with Crippen molar-refractivity contribution in [1.82, 2.24) is 10.3 Å². The van der Waals surface area contributed by atoms with Crippen molar-refractivity contribution in [2.24, 2.45) is 0 Å². The van der Waals surface area contributed by atoms with Crippen LogP contribution in [-0.2, 0) is 0 Å². The van der Waals surface area contributed by atoms with Gasteiger partial charge in [-0.25, -0.2) is 0 Å². The van der Waals surface area contributed by atoms with Gasteiger partial charge in [0.1, 0.15) is 18.5 Å². The van der Waals surface area contributed by atoms with Crippen LogP contribution >= 0.6 is 11.8 Å². The molecular weight excluding hydrogens is 272 g/mol. The number of aliphatic hydroxyl groups excluding tert-OH is 1. The summed E-state index contributed by atoms with van der Waals surface area (Å²) in [7, 11) is 0. The Balaban J connectivity index is 1.87. The number of nitrogens with one attached hydrogen (secondary N) is 2. The molecule has 3 N–H and O–H groups in total. The largest absolute Gasteiger partial charge is 0.490 e. The molecule has 1 aromatic carbocycles. The Morgan fingerprint density at radius 3 is 2.95 bits per heavy atom. The highest BCUT2D eigenvalue weighted by Gasteiger charge is 2.17. The van der Waals surface area contributed by atoms with Crippen LogP contribution in [0.15, 0.2) is 30.5 Å². The third-order valence-corrected chi connectivity index (χ3v) is 4.42. The topological polar surface area (TPSA) is 57.3 Å². The zero-order valence-electron chi connectivity index (χ0n) is 12.1. The number of aromatic nitrogens is 1. The molecule has 1 atom stereocenters. The molecule has 0 aliphatic rings. The van der Waals surface area contributed by atoms with E-state index in [1.807, 2.05) is 36.7 Å². The molecule has 5 heteroatoms. The molecule has 1 unspecified atom stereocenters. The van der Waals surface area contributed by atoms with Gasteiger partial charge in [-0.15, -0.1) is 11.8 Å². The fourth-order valence-electron chi connectivity index (χ4n) is 1.86. The van der Waals surface area contributed by atoms with Crippen LogP contribution in [-0.4, -0.2) is 40.5 Å². The van der Waals surface area contributed by atoms with E-state index in [4.69, 9.17) is 4.74 Å². The van der Waals surface area contributed by atoms with Crippen LogP contribution in [0.5, 0.6) is 5.75 Å². The zero-order chi connectivity index (χ0) is 14.6. The lowest BCUT2D eigenvalue weighted by molar-refractivity contribution is 0.104. The molecule has 4 nitrogen and oxygen atoms in total. The number of rotatable bonds is 7. The first kappa shape index (κ1) is 15.2. The summed E-state index contributed by atoms with van der Waals surface area (Å²) in [6.07, 6.45) is 3.40. The number of thioether (sulfide) groups is 1. The highest BCUT2D eigenvalue weighted by atomic mass is 32.2. The molecule has 1 heterocycles. The first-order valence-electron chi connectivity index (χ1n) is 6.69. The number of ether oxygens (including phenoxy) is 1. The van der Waals surface area contributed by atoms with E-state index in [1.165, 1.54) is 0 Å². The standard InChI is InChI=1S/C15H22N2O2S/c1-15(2,20-3)17-9-11(18)10-19-14-6-4-5-13-12(14)7-8-16-13/h4-8,11,16-18H,9-10H2,1-3H3. The minimum absolute atomic E-state index is 0.0400. The molecule has 2 aromatic rings. The lowest BCUT2D eigenvalue weighted by Crippen LogP contribution is -2.42. The van der Waals surface area contributed by atoms with Gasteiger partial charge in [0.05, 0.1) is 4.87 Å². The van der Waals surface area contributed by atoms with Crippen molar-refractivity contribution in [2.45, 2.75) is 24.8 Å². The molecule has 0 amide bonds. The second-order valence-electron chi connectivity index (χ2n) is 5.26. The first-order chi connectivity index (χ1) is 9.52. The smallest absolute Gasteiger partial charge is 0.128 e. The number of aliphatic hydroxyl groups is 1. The maximum Gasteiger partial charge on any atom is 0.128 e. The van der Waals surface area contributed by atoms with Gasteiger partial charge in [-0.05, 0) is 38.3 Å². The Kier molecular flexibility index (Phi) is 4.96. The molecule has 2 rings (SSSR count). The molecule has 0 saturated carbocycles. The molecular formula is C15H22N2O2S. The minimum Gasteiger partial charge on any atom is -0.490 e. The Hall–Kier alpha value is -1.17. The van der Waals surface area contributed by atoms with E-state index in [0.29, 0.717) is 6.54 Å². The minimum atomic E-state index is -0.532. The van der Waals surface area contributed by atoms with Crippen LogP contribution < -0.4 is 10.1 Å². The fraction of sp³-hybridized carbons (Fsp3) is 0.467. The van der Waals surface area contributed by atoms with E-state index in [9.17, 15) is 5.11 Å². The van der Waals surface area contributed by atoms with E-state index in [-0.39, 0.29) is 11.5 Å². The Labute approximate surface area is 123 Å². The van der Waals surface area contributed by atoms with Crippen molar-refractivity contribution in [3.8, 4) is 5.75 Å². The predicted molar refractivity (Wildman–Crippen MR) is 85.4 cm³/mol. The van der Waals surface area contributed by atoms with Gasteiger partial charge in [-0.3, -0.25) is 0 Å². The number of benzene rings is 1. The average molecular weight is 294 g/mol. The summed E-state index contributed by atoms with van der Waals surface area (Å²) < 4.78 is 5.72. The molecule has 0 fully saturated rings. The van der Waals surface area contributed by atoms with Gasteiger partial charge in [0.25, 0.3) is 0 Å². The maximum absolute atomic E-state index is 9.99. The van der Waals surface area contributed by atoms with Gasteiger partial charge in [0, 0.05) is 23.6 Å². The van der Waals surface area contributed by atoms with Gasteiger partial charge in [0.2, 0.25) is 0 Å². The van der Waals surface area contributed by atoms with E-state index < -0.39 is 6.10 Å². The molecule has 0 spiro atoms. The van der Waals surface area contributed by atoms with Gasteiger partial charge in [0.15, 0.2) is 0 Å². The van der Waals surface area contributed by atoms with E-state index in [0.717, 1.165) is 16.7 Å².